The maximum Gasteiger partial charge on any atom is 0.346 e. The molecule has 0 spiro atoms. The third-order valence-corrected chi connectivity index (χ3v) is 4.38. The predicted molar refractivity (Wildman–Crippen MR) is 68.5 cm³/mol. The van der Waals surface area contributed by atoms with Crippen LogP contribution in [0.15, 0.2) is 6.07 Å². The largest absolute Gasteiger partial charge is 0.477 e. The zero-order valence-electron chi connectivity index (χ0n) is 9.43. The van der Waals surface area contributed by atoms with Crippen molar-refractivity contribution in [3.63, 3.8) is 0 Å². The third-order valence-electron chi connectivity index (χ3n) is 3.01. The van der Waals surface area contributed by atoms with Gasteiger partial charge in [0.2, 0.25) is 0 Å². The highest BCUT2D eigenvalue weighted by Crippen LogP contribution is 2.29. The van der Waals surface area contributed by atoms with Crippen molar-refractivity contribution in [1.82, 2.24) is 9.55 Å². The van der Waals surface area contributed by atoms with Crippen molar-refractivity contribution < 1.29 is 14.6 Å². The number of nitrogens with zero attached hydrogens (tertiary/aromatic N) is 2. The number of carboxylic acids is 1. The van der Waals surface area contributed by atoms with Crippen molar-refractivity contribution in [3.05, 3.63) is 16.8 Å². The molecule has 3 rings (SSSR count). The number of hydrogen-bond acceptors (Lipinski definition) is 4. The lowest BCUT2D eigenvalue weighted by atomic mass is 10.2. The van der Waals surface area contributed by atoms with Gasteiger partial charge in [-0.15, -0.1) is 22.9 Å². The first-order chi connectivity index (χ1) is 8.69. The predicted octanol–water partition coefficient (Wildman–Crippen LogP) is 2.32. The smallest absolute Gasteiger partial charge is 0.346 e. The van der Waals surface area contributed by atoms with E-state index >= 15 is 0 Å². The minimum absolute atomic E-state index is 0.194. The highest BCUT2D eigenvalue weighted by Gasteiger charge is 2.23. The molecule has 0 aromatic carbocycles. The van der Waals surface area contributed by atoms with E-state index in [1.807, 2.05) is 4.57 Å². The van der Waals surface area contributed by atoms with E-state index in [-0.39, 0.29) is 6.10 Å². The van der Waals surface area contributed by atoms with Gasteiger partial charge >= 0.3 is 5.97 Å². The summed E-state index contributed by atoms with van der Waals surface area (Å²) >= 11 is 7.10. The average molecular weight is 287 g/mol. The molecule has 96 valence electrons. The van der Waals surface area contributed by atoms with Gasteiger partial charge in [0.05, 0.1) is 18.5 Å². The molecule has 0 unspecified atom stereocenters. The summed E-state index contributed by atoms with van der Waals surface area (Å²) < 4.78 is 7.38. The molecule has 2 aromatic heterocycles. The topological polar surface area (TPSA) is 64.3 Å². The number of thiophene rings is 1. The molecule has 1 saturated heterocycles. The standard InChI is InChI=1S/C11H11ClN2O3S/c12-4-9-13-7-3-8(11(15)16)18-10(7)14(9)5-6-1-2-17-6/h3,6H,1-2,4-5H2,(H,15,16)/t6-/m0/s1. The molecule has 5 nitrogen and oxygen atoms in total. The van der Waals surface area contributed by atoms with Crippen LogP contribution < -0.4 is 0 Å². The molecule has 0 aliphatic carbocycles. The number of carbonyl (C=O) groups is 1. The van der Waals surface area contributed by atoms with Crippen LogP contribution in [0.2, 0.25) is 0 Å². The Bertz CT molecular complexity index is 603. The highest BCUT2D eigenvalue weighted by atomic mass is 35.5. The fourth-order valence-electron chi connectivity index (χ4n) is 1.99. The Morgan fingerprint density at radius 2 is 2.50 bits per heavy atom. The van der Waals surface area contributed by atoms with Gasteiger partial charge in [0.1, 0.15) is 21.0 Å². The molecule has 0 amide bonds. The van der Waals surface area contributed by atoms with E-state index in [9.17, 15) is 4.79 Å². The second-order valence-electron chi connectivity index (χ2n) is 4.16. The summed E-state index contributed by atoms with van der Waals surface area (Å²) in [7, 11) is 0. The Morgan fingerprint density at radius 1 is 1.72 bits per heavy atom. The van der Waals surface area contributed by atoms with E-state index in [2.05, 4.69) is 4.98 Å². The molecule has 1 atom stereocenters. The molecule has 1 aliphatic heterocycles. The van der Waals surface area contributed by atoms with Gasteiger partial charge < -0.3 is 14.4 Å². The Kier molecular flexibility index (Phi) is 3.01. The molecular weight excluding hydrogens is 276 g/mol. The minimum Gasteiger partial charge on any atom is -0.477 e. The molecule has 3 heterocycles. The minimum atomic E-state index is -0.920. The summed E-state index contributed by atoms with van der Waals surface area (Å²) in [6, 6.07) is 1.59. The zero-order valence-corrected chi connectivity index (χ0v) is 11.0. The Morgan fingerprint density at radius 3 is 3.06 bits per heavy atom. The molecule has 0 saturated carbocycles. The number of rotatable bonds is 4. The van der Waals surface area contributed by atoms with Gasteiger partial charge in [0.25, 0.3) is 0 Å². The lowest BCUT2D eigenvalue weighted by Gasteiger charge is -2.27. The summed E-state index contributed by atoms with van der Waals surface area (Å²) in [5.41, 5.74) is 0.701. The third kappa shape index (κ3) is 1.90. The summed E-state index contributed by atoms with van der Waals surface area (Å²) in [5, 5.41) is 8.98. The number of ether oxygens (including phenoxy) is 1. The fourth-order valence-corrected chi connectivity index (χ4v) is 3.16. The van der Waals surface area contributed by atoms with Gasteiger partial charge in [-0.1, -0.05) is 0 Å². The van der Waals surface area contributed by atoms with Crippen molar-refractivity contribution in [1.29, 1.82) is 0 Å². The summed E-state index contributed by atoms with van der Waals surface area (Å²) in [4.78, 5) is 16.5. The molecule has 1 aliphatic rings. The van der Waals surface area contributed by atoms with Gasteiger partial charge in [-0.05, 0) is 12.5 Å². The maximum atomic E-state index is 10.9. The highest BCUT2D eigenvalue weighted by molar-refractivity contribution is 7.20. The van der Waals surface area contributed by atoms with E-state index in [0.29, 0.717) is 22.8 Å². The molecule has 2 aromatic rings. The summed E-state index contributed by atoms with van der Waals surface area (Å²) in [6.45, 7) is 1.49. The first-order valence-corrected chi connectivity index (χ1v) is 6.94. The van der Waals surface area contributed by atoms with Crippen molar-refractivity contribution >= 4 is 39.3 Å². The molecule has 0 bridgehead atoms. The maximum absolute atomic E-state index is 10.9. The van der Waals surface area contributed by atoms with Crippen LogP contribution in [-0.4, -0.2) is 33.3 Å². The first kappa shape index (κ1) is 12.0. The van der Waals surface area contributed by atoms with Gasteiger partial charge in [-0.3, -0.25) is 0 Å². The van der Waals surface area contributed by atoms with E-state index in [1.165, 1.54) is 11.3 Å². The number of halogens is 1. The first-order valence-electron chi connectivity index (χ1n) is 5.59. The second-order valence-corrected chi connectivity index (χ2v) is 5.46. The molecule has 0 radical (unpaired) electrons. The monoisotopic (exact) mass is 286 g/mol. The number of fused-ring (bicyclic) bond motifs is 1. The van der Waals surface area contributed by atoms with Gasteiger partial charge in [-0.25, -0.2) is 9.78 Å². The average Bonchev–Trinajstić information content (AvgIpc) is 2.80. The molecule has 7 heteroatoms. The van der Waals surface area contributed by atoms with Crippen molar-refractivity contribution in [2.24, 2.45) is 0 Å². The number of alkyl halides is 1. The van der Waals surface area contributed by atoms with Crippen LogP contribution in [0.4, 0.5) is 0 Å². The SMILES string of the molecule is O=C(O)c1cc2nc(CCl)n(C[C@@H]3CCO3)c2s1. The summed E-state index contributed by atoms with van der Waals surface area (Å²) in [5.74, 6) is 0.165. The molecule has 1 N–H and O–H groups in total. The fraction of sp³-hybridized carbons (Fsp3) is 0.455. The number of imidazole rings is 1. The number of carboxylic acid groups (broad SMARTS) is 1. The van der Waals surface area contributed by atoms with Crippen molar-refractivity contribution in [2.45, 2.75) is 24.9 Å². The Balaban J connectivity index is 2.03. The second kappa shape index (κ2) is 4.53. The van der Waals surface area contributed by atoms with Gasteiger partial charge in [0.15, 0.2) is 0 Å². The van der Waals surface area contributed by atoms with Crippen LogP contribution in [0, 0.1) is 0 Å². The Hall–Kier alpha value is -1.11. The summed E-state index contributed by atoms with van der Waals surface area (Å²) in [6.07, 6.45) is 1.22. The van der Waals surface area contributed by atoms with Crippen LogP contribution >= 0.6 is 22.9 Å². The number of aromatic nitrogens is 2. The van der Waals surface area contributed by atoms with Crippen molar-refractivity contribution in [3.8, 4) is 0 Å². The number of aromatic carboxylic acids is 1. The zero-order chi connectivity index (χ0) is 12.7. The number of hydrogen-bond donors (Lipinski definition) is 1. The molecular formula is C11H11ClN2O3S. The van der Waals surface area contributed by atoms with Gasteiger partial charge in [-0.2, -0.15) is 0 Å². The normalized spacial score (nSPS) is 19.1. The van der Waals surface area contributed by atoms with E-state index < -0.39 is 5.97 Å². The lowest BCUT2D eigenvalue weighted by molar-refractivity contribution is -0.0588. The van der Waals surface area contributed by atoms with Crippen LogP contribution in [0.25, 0.3) is 10.3 Å². The van der Waals surface area contributed by atoms with E-state index in [0.717, 1.165) is 23.7 Å². The van der Waals surface area contributed by atoms with Crippen LogP contribution in [-0.2, 0) is 17.2 Å². The van der Waals surface area contributed by atoms with Crippen LogP contribution in [0.5, 0.6) is 0 Å². The van der Waals surface area contributed by atoms with Crippen molar-refractivity contribution in [2.75, 3.05) is 6.61 Å². The van der Waals surface area contributed by atoms with Crippen LogP contribution in [0.3, 0.4) is 0 Å². The van der Waals surface area contributed by atoms with Crippen LogP contribution in [0.1, 0.15) is 21.9 Å². The van der Waals surface area contributed by atoms with E-state index in [4.69, 9.17) is 21.4 Å². The van der Waals surface area contributed by atoms with Gasteiger partial charge in [0, 0.05) is 6.61 Å². The Labute approximate surface area is 112 Å². The van der Waals surface area contributed by atoms with E-state index in [1.54, 1.807) is 6.07 Å². The quantitative estimate of drug-likeness (QED) is 0.876. The lowest BCUT2D eigenvalue weighted by Crippen LogP contribution is -2.31. The molecule has 18 heavy (non-hydrogen) atoms. The molecule has 1 fully saturated rings.